The molecule has 2 N–H and O–H groups in total. The predicted octanol–water partition coefficient (Wildman–Crippen LogP) is 4.82. The van der Waals surface area contributed by atoms with Crippen LogP contribution in [0.5, 0.6) is 0 Å². The average Bonchev–Trinajstić information content (AvgIpc) is 2.62. The van der Waals surface area contributed by atoms with E-state index in [0.717, 1.165) is 22.3 Å². The Hall–Kier alpha value is -3.39. The van der Waals surface area contributed by atoms with E-state index < -0.39 is 20.7 Å². The number of nitrogens with two attached hydrogens (primary N) is 1. The summed E-state index contributed by atoms with van der Waals surface area (Å²) < 4.78 is 0. The van der Waals surface area contributed by atoms with Gasteiger partial charge in [-0.2, -0.15) is 0 Å². The number of allylic oxidation sites excluding steroid dienone is 1. The second-order valence-corrected chi connectivity index (χ2v) is 7.05. The van der Waals surface area contributed by atoms with E-state index in [2.05, 4.69) is 0 Å². The fourth-order valence-electron chi connectivity index (χ4n) is 3.00. The molecule has 0 aliphatic carbocycles. The fraction of sp³-hybridized carbons (Fsp3) is 0.200. The van der Waals surface area contributed by atoms with Gasteiger partial charge in [0.25, 0.3) is 0 Å². The van der Waals surface area contributed by atoms with Crippen LogP contribution in [0, 0.1) is 47.9 Å². The lowest BCUT2D eigenvalue weighted by Crippen LogP contribution is -2.27. The molecule has 0 bridgehead atoms. The number of halogens is 1. The Morgan fingerprint density at radius 3 is 1.72 bits per heavy atom. The highest BCUT2D eigenvalue weighted by Crippen LogP contribution is 2.35. The van der Waals surface area contributed by atoms with Crippen LogP contribution < -0.4 is 10.6 Å². The van der Waals surface area contributed by atoms with Crippen molar-refractivity contribution in [3.63, 3.8) is 0 Å². The molecule has 0 heterocycles. The molecule has 0 aliphatic rings. The summed E-state index contributed by atoms with van der Waals surface area (Å²) in [5, 5.41) is 21.6. The Morgan fingerprint density at radius 1 is 0.931 bits per heavy atom. The van der Waals surface area contributed by atoms with Crippen LogP contribution in [0.1, 0.15) is 22.3 Å². The molecule has 9 heteroatoms. The number of benzene rings is 2. The van der Waals surface area contributed by atoms with Crippen LogP contribution in [0.15, 0.2) is 59.1 Å². The summed E-state index contributed by atoms with van der Waals surface area (Å²) in [6, 6.07) is 11.2. The predicted molar refractivity (Wildman–Crippen MR) is 113 cm³/mol. The van der Waals surface area contributed by atoms with Crippen molar-refractivity contribution in [2.75, 3.05) is 4.90 Å². The molecule has 2 aromatic carbocycles. The minimum atomic E-state index is -0.920. The monoisotopic (exact) mass is 416 g/mol. The van der Waals surface area contributed by atoms with Crippen molar-refractivity contribution in [2.24, 2.45) is 5.73 Å². The largest absolute Gasteiger partial charge is 0.379 e. The van der Waals surface area contributed by atoms with E-state index in [0.29, 0.717) is 17.5 Å². The third-order valence-electron chi connectivity index (χ3n) is 4.32. The SMILES string of the molecule is Cc1ccc(N(/C(N)=C(/C=C(\Cl)[N+](=O)[O-])[N+](=O)[O-])c2ccc(C)cc2C)c(C)c1. The Bertz CT molecular complexity index is 995. The number of anilines is 2. The molecule has 0 aromatic heterocycles. The summed E-state index contributed by atoms with van der Waals surface area (Å²) in [7, 11) is 0. The highest BCUT2D eigenvalue weighted by molar-refractivity contribution is 6.28. The minimum Gasteiger partial charge on any atom is -0.379 e. The van der Waals surface area contributed by atoms with Gasteiger partial charge in [-0.05, 0) is 62.6 Å². The van der Waals surface area contributed by atoms with Gasteiger partial charge < -0.3 is 5.73 Å². The van der Waals surface area contributed by atoms with Crippen molar-refractivity contribution in [1.29, 1.82) is 0 Å². The summed E-state index contributed by atoms with van der Waals surface area (Å²) in [5.74, 6) is -0.283. The number of aryl methyl sites for hydroxylation is 4. The molecule has 0 unspecified atom stereocenters. The first-order valence-electron chi connectivity index (χ1n) is 8.63. The first-order valence-corrected chi connectivity index (χ1v) is 9.01. The summed E-state index contributed by atoms with van der Waals surface area (Å²) in [5.41, 5.74) is 10.5. The van der Waals surface area contributed by atoms with Gasteiger partial charge in [0.1, 0.15) is 6.08 Å². The van der Waals surface area contributed by atoms with Crippen LogP contribution in [0.25, 0.3) is 0 Å². The van der Waals surface area contributed by atoms with Crippen molar-refractivity contribution < 1.29 is 9.85 Å². The molecular formula is C20H21ClN4O4. The Morgan fingerprint density at radius 2 is 1.38 bits per heavy atom. The van der Waals surface area contributed by atoms with E-state index in [-0.39, 0.29) is 5.82 Å². The zero-order valence-corrected chi connectivity index (χ0v) is 17.2. The van der Waals surface area contributed by atoms with Gasteiger partial charge in [-0.3, -0.25) is 25.1 Å². The minimum absolute atomic E-state index is 0.283. The highest BCUT2D eigenvalue weighted by Gasteiger charge is 2.27. The molecular weight excluding hydrogens is 396 g/mol. The molecule has 2 rings (SSSR count). The molecule has 8 nitrogen and oxygen atoms in total. The Balaban J connectivity index is 2.86. The molecule has 0 radical (unpaired) electrons. The number of nitro groups is 2. The number of hydrogen-bond acceptors (Lipinski definition) is 6. The first-order chi connectivity index (χ1) is 13.5. The van der Waals surface area contributed by atoms with Crippen molar-refractivity contribution in [1.82, 2.24) is 0 Å². The van der Waals surface area contributed by atoms with Crippen LogP contribution in [0.2, 0.25) is 0 Å². The third kappa shape index (κ3) is 4.91. The lowest BCUT2D eigenvalue weighted by atomic mass is 10.1. The molecule has 0 saturated carbocycles. The Kier molecular flexibility index (Phi) is 6.60. The van der Waals surface area contributed by atoms with Gasteiger partial charge >= 0.3 is 10.9 Å². The molecule has 29 heavy (non-hydrogen) atoms. The van der Waals surface area contributed by atoms with E-state index >= 15 is 0 Å². The van der Waals surface area contributed by atoms with Crippen LogP contribution in [-0.2, 0) is 0 Å². The molecule has 2 aromatic rings. The smallest absolute Gasteiger partial charge is 0.344 e. The molecule has 0 aliphatic heterocycles. The van der Waals surface area contributed by atoms with E-state index in [4.69, 9.17) is 17.3 Å². The lowest BCUT2D eigenvalue weighted by molar-refractivity contribution is -0.428. The molecule has 0 amide bonds. The van der Waals surface area contributed by atoms with Gasteiger partial charge in [0.2, 0.25) is 0 Å². The van der Waals surface area contributed by atoms with Crippen LogP contribution >= 0.6 is 11.6 Å². The van der Waals surface area contributed by atoms with Crippen molar-refractivity contribution in [2.45, 2.75) is 27.7 Å². The van der Waals surface area contributed by atoms with Gasteiger partial charge in [0.05, 0.1) is 21.2 Å². The van der Waals surface area contributed by atoms with Gasteiger partial charge in [0.15, 0.2) is 5.82 Å². The van der Waals surface area contributed by atoms with Gasteiger partial charge in [-0.1, -0.05) is 35.4 Å². The standard InChI is InChI=1S/C20H21ClN4O4/c1-12-5-7-16(14(3)9-12)23(17-8-6-13(2)10-15(17)4)20(22)18(24(26)27)11-19(21)25(28)29/h5-11H,22H2,1-4H3/b19-11+,20-18-. The van der Waals surface area contributed by atoms with E-state index in [9.17, 15) is 20.2 Å². The second kappa shape index (κ2) is 8.74. The zero-order valence-electron chi connectivity index (χ0n) is 16.5. The number of rotatable bonds is 6. The molecule has 0 spiro atoms. The van der Waals surface area contributed by atoms with Crippen LogP contribution in [0.4, 0.5) is 11.4 Å². The molecule has 152 valence electrons. The van der Waals surface area contributed by atoms with Gasteiger partial charge in [-0.15, -0.1) is 0 Å². The number of hydrogen-bond donors (Lipinski definition) is 1. The van der Waals surface area contributed by atoms with Gasteiger partial charge in [-0.25, -0.2) is 0 Å². The topological polar surface area (TPSA) is 116 Å². The maximum Gasteiger partial charge on any atom is 0.344 e. The lowest BCUT2D eigenvalue weighted by Gasteiger charge is -2.28. The summed E-state index contributed by atoms with van der Waals surface area (Å²) in [6.07, 6.45) is 0.650. The fourth-order valence-corrected chi connectivity index (χ4v) is 3.11. The molecule has 0 fully saturated rings. The second-order valence-electron chi connectivity index (χ2n) is 6.67. The molecule has 0 atom stereocenters. The quantitative estimate of drug-likeness (QED) is 0.312. The maximum absolute atomic E-state index is 11.7. The van der Waals surface area contributed by atoms with E-state index in [1.165, 1.54) is 4.90 Å². The third-order valence-corrected chi connectivity index (χ3v) is 4.56. The number of nitrogens with zero attached hydrogens (tertiary/aromatic N) is 3. The average molecular weight is 417 g/mol. The van der Waals surface area contributed by atoms with Crippen molar-refractivity contribution >= 4 is 23.0 Å². The maximum atomic E-state index is 11.7. The van der Waals surface area contributed by atoms with Crippen molar-refractivity contribution in [3.8, 4) is 0 Å². The van der Waals surface area contributed by atoms with E-state index in [1.807, 2.05) is 52.0 Å². The highest BCUT2D eigenvalue weighted by atomic mass is 35.5. The van der Waals surface area contributed by atoms with Crippen LogP contribution in [0.3, 0.4) is 0 Å². The summed E-state index contributed by atoms with van der Waals surface area (Å²) in [6.45, 7) is 7.58. The van der Waals surface area contributed by atoms with Gasteiger partial charge in [0, 0.05) is 0 Å². The Labute approximate surface area is 173 Å². The van der Waals surface area contributed by atoms with Crippen LogP contribution in [-0.4, -0.2) is 9.85 Å². The summed E-state index contributed by atoms with van der Waals surface area (Å²) >= 11 is 5.55. The van der Waals surface area contributed by atoms with E-state index in [1.54, 1.807) is 12.1 Å². The zero-order chi connectivity index (χ0) is 21.9. The summed E-state index contributed by atoms with van der Waals surface area (Å²) in [4.78, 5) is 22.3. The first kappa shape index (κ1) is 21.9. The molecule has 0 saturated heterocycles. The normalized spacial score (nSPS) is 12.4. The van der Waals surface area contributed by atoms with Crippen molar-refractivity contribution in [3.05, 3.63) is 102 Å².